The second-order valence-electron chi connectivity index (χ2n) is 6.47. The van der Waals surface area contributed by atoms with Crippen LogP contribution in [0.15, 0.2) is 18.2 Å². The lowest BCUT2D eigenvalue weighted by Crippen LogP contribution is -2.26. The maximum absolute atomic E-state index is 5.71. The lowest BCUT2D eigenvalue weighted by molar-refractivity contribution is 0.184. The second-order valence-corrected chi connectivity index (χ2v) is 6.86. The quantitative estimate of drug-likeness (QED) is 0.799. The molecule has 1 aliphatic rings. The largest absolute Gasteiger partial charge is 0.492 e. The number of para-hydroxylation sites is 1. The van der Waals surface area contributed by atoms with Crippen LogP contribution in [0.2, 0.25) is 0 Å². The molecule has 0 bridgehead atoms. The number of fused-ring (bicyclic) bond motifs is 1. The Hall–Kier alpha value is -1.29. The number of aromatic amines is 1. The van der Waals surface area contributed by atoms with E-state index in [1.807, 2.05) is 13.0 Å². The van der Waals surface area contributed by atoms with Crippen LogP contribution in [0.3, 0.4) is 0 Å². The molecule has 21 heavy (non-hydrogen) atoms. The van der Waals surface area contributed by atoms with Crippen LogP contribution < -0.4 is 4.74 Å². The van der Waals surface area contributed by atoms with Crippen LogP contribution in [0.25, 0.3) is 11.0 Å². The molecule has 3 rings (SSSR count). The molecule has 0 aliphatic heterocycles. The molecular weight excluding hydrogens is 280 g/mol. The van der Waals surface area contributed by atoms with Crippen LogP contribution in [-0.4, -0.2) is 16.2 Å². The van der Waals surface area contributed by atoms with Gasteiger partial charge in [-0.25, -0.2) is 0 Å². The van der Waals surface area contributed by atoms with E-state index in [0.29, 0.717) is 12.0 Å². The Labute approximate surface area is 131 Å². The minimum atomic E-state index is 0.368. The standard InChI is InChI=1S/C17H24N2OS/c1-3-20-14-9-7-8-13-15(14)18-16(21)19(13)12-17(2)10-5-4-6-11-17/h7-9H,3-6,10-12H2,1-2H3,(H,18,21). The molecule has 0 radical (unpaired) electrons. The van der Waals surface area contributed by atoms with Gasteiger partial charge in [-0.1, -0.05) is 32.3 Å². The second kappa shape index (κ2) is 5.84. The molecule has 0 amide bonds. The SMILES string of the molecule is CCOc1cccc2c1[nH]c(=S)n2CC1(C)CCCCC1. The molecule has 0 unspecified atom stereocenters. The van der Waals surface area contributed by atoms with E-state index in [2.05, 4.69) is 28.6 Å². The maximum Gasteiger partial charge on any atom is 0.178 e. The Morgan fingerprint density at radius 1 is 1.29 bits per heavy atom. The summed E-state index contributed by atoms with van der Waals surface area (Å²) in [5.41, 5.74) is 2.56. The zero-order chi connectivity index (χ0) is 14.9. The maximum atomic E-state index is 5.71. The smallest absolute Gasteiger partial charge is 0.178 e. The molecule has 4 heteroatoms. The van der Waals surface area contributed by atoms with Crippen LogP contribution in [0.4, 0.5) is 0 Å². The van der Waals surface area contributed by atoms with Gasteiger partial charge in [0.25, 0.3) is 0 Å². The van der Waals surface area contributed by atoms with Gasteiger partial charge in [-0.3, -0.25) is 0 Å². The third-order valence-corrected chi connectivity index (χ3v) is 4.99. The van der Waals surface area contributed by atoms with E-state index in [0.717, 1.165) is 28.1 Å². The summed E-state index contributed by atoms with van der Waals surface area (Å²) in [6.45, 7) is 6.08. The Balaban J connectivity index is 2.00. The predicted molar refractivity (Wildman–Crippen MR) is 89.5 cm³/mol. The fourth-order valence-electron chi connectivity index (χ4n) is 3.53. The van der Waals surface area contributed by atoms with E-state index in [1.165, 1.54) is 32.1 Å². The topological polar surface area (TPSA) is 29.9 Å². The number of nitrogens with zero attached hydrogens (tertiary/aromatic N) is 1. The van der Waals surface area contributed by atoms with Crippen molar-refractivity contribution in [2.45, 2.75) is 52.5 Å². The molecule has 1 heterocycles. The van der Waals surface area contributed by atoms with E-state index in [9.17, 15) is 0 Å². The minimum Gasteiger partial charge on any atom is -0.492 e. The lowest BCUT2D eigenvalue weighted by atomic mass is 9.75. The van der Waals surface area contributed by atoms with Crippen LogP contribution in [0, 0.1) is 10.2 Å². The fraction of sp³-hybridized carbons (Fsp3) is 0.588. The van der Waals surface area contributed by atoms with Crippen molar-refractivity contribution in [2.24, 2.45) is 5.41 Å². The Morgan fingerprint density at radius 3 is 2.76 bits per heavy atom. The van der Waals surface area contributed by atoms with Crippen molar-refractivity contribution in [3.8, 4) is 5.75 Å². The number of ether oxygens (including phenoxy) is 1. The molecule has 1 aromatic heterocycles. The van der Waals surface area contributed by atoms with Gasteiger partial charge in [0, 0.05) is 6.54 Å². The molecule has 3 nitrogen and oxygen atoms in total. The number of benzene rings is 1. The molecule has 2 aromatic rings. The highest BCUT2D eigenvalue weighted by molar-refractivity contribution is 7.71. The number of rotatable bonds is 4. The number of imidazole rings is 1. The Bertz CT molecular complexity index is 680. The van der Waals surface area contributed by atoms with Gasteiger partial charge in [0.05, 0.1) is 12.1 Å². The number of H-pyrrole nitrogens is 1. The molecular formula is C17H24N2OS. The highest BCUT2D eigenvalue weighted by atomic mass is 32.1. The first-order valence-electron chi connectivity index (χ1n) is 7.97. The first kappa shape index (κ1) is 14.6. The molecule has 0 spiro atoms. The summed E-state index contributed by atoms with van der Waals surface area (Å²) in [5.74, 6) is 0.897. The van der Waals surface area contributed by atoms with E-state index < -0.39 is 0 Å². The summed E-state index contributed by atoms with van der Waals surface area (Å²) in [7, 11) is 0. The summed E-state index contributed by atoms with van der Waals surface area (Å²) in [5, 5.41) is 0. The Morgan fingerprint density at radius 2 is 2.05 bits per heavy atom. The number of aromatic nitrogens is 2. The van der Waals surface area contributed by atoms with Crippen molar-refractivity contribution in [3.05, 3.63) is 23.0 Å². The predicted octanol–water partition coefficient (Wildman–Crippen LogP) is 5.07. The third kappa shape index (κ3) is 2.86. The fourth-order valence-corrected chi connectivity index (χ4v) is 3.80. The average molecular weight is 304 g/mol. The molecule has 114 valence electrons. The van der Waals surface area contributed by atoms with Crippen LogP contribution >= 0.6 is 12.2 Å². The van der Waals surface area contributed by atoms with E-state index in [4.69, 9.17) is 17.0 Å². The minimum absolute atomic E-state index is 0.368. The van der Waals surface area contributed by atoms with Gasteiger partial charge in [-0.05, 0) is 49.5 Å². The Kier molecular flexibility index (Phi) is 4.07. The van der Waals surface area contributed by atoms with Gasteiger partial charge in [0.2, 0.25) is 0 Å². The van der Waals surface area contributed by atoms with E-state index in [-0.39, 0.29) is 0 Å². The molecule has 1 fully saturated rings. The monoisotopic (exact) mass is 304 g/mol. The molecule has 1 aromatic carbocycles. The summed E-state index contributed by atoms with van der Waals surface area (Å²) >= 11 is 5.57. The highest BCUT2D eigenvalue weighted by Crippen LogP contribution is 2.38. The molecule has 0 saturated heterocycles. The molecule has 0 atom stereocenters. The van der Waals surface area contributed by atoms with Crippen LogP contribution in [-0.2, 0) is 6.54 Å². The van der Waals surface area contributed by atoms with Gasteiger partial charge >= 0.3 is 0 Å². The zero-order valence-electron chi connectivity index (χ0n) is 12.9. The third-order valence-electron chi connectivity index (χ3n) is 4.67. The van der Waals surface area contributed by atoms with E-state index in [1.54, 1.807) is 0 Å². The number of hydrogen-bond donors (Lipinski definition) is 1. The first-order valence-corrected chi connectivity index (χ1v) is 8.38. The van der Waals surface area contributed by atoms with Crippen molar-refractivity contribution in [1.82, 2.24) is 9.55 Å². The molecule has 1 saturated carbocycles. The van der Waals surface area contributed by atoms with Crippen molar-refractivity contribution in [1.29, 1.82) is 0 Å². The van der Waals surface area contributed by atoms with Gasteiger partial charge in [-0.2, -0.15) is 0 Å². The first-order chi connectivity index (χ1) is 10.1. The highest BCUT2D eigenvalue weighted by Gasteiger charge is 2.28. The van der Waals surface area contributed by atoms with Crippen molar-refractivity contribution in [2.75, 3.05) is 6.61 Å². The lowest BCUT2D eigenvalue weighted by Gasteiger charge is -2.34. The zero-order valence-corrected chi connectivity index (χ0v) is 13.8. The number of hydrogen-bond acceptors (Lipinski definition) is 2. The van der Waals surface area contributed by atoms with Crippen LogP contribution in [0.1, 0.15) is 46.0 Å². The summed E-state index contributed by atoms with van der Waals surface area (Å²) in [4.78, 5) is 3.34. The van der Waals surface area contributed by atoms with Crippen molar-refractivity contribution < 1.29 is 4.74 Å². The summed E-state index contributed by atoms with van der Waals surface area (Å²) < 4.78 is 8.78. The van der Waals surface area contributed by atoms with E-state index >= 15 is 0 Å². The van der Waals surface area contributed by atoms with Gasteiger partial charge in [0.1, 0.15) is 11.3 Å². The normalized spacial score (nSPS) is 18.0. The van der Waals surface area contributed by atoms with Gasteiger partial charge < -0.3 is 14.3 Å². The molecule has 1 aliphatic carbocycles. The average Bonchev–Trinajstić information content (AvgIpc) is 2.77. The molecule has 1 N–H and O–H groups in total. The summed E-state index contributed by atoms with van der Waals surface area (Å²) in [6, 6.07) is 6.19. The van der Waals surface area contributed by atoms with Gasteiger partial charge in [0.15, 0.2) is 4.77 Å². The summed E-state index contributed by atoms with van der Waals surface area (Å²) in [6.07, 6.45) is 6.66. The van der Waals surface area contributed by atoms with Gasteiger partial charge in [-0.15, -0.1) is 0 Å². The van der Waals surface area contributed by atoms with Crippen LogP contribution in [0.5, 0.6) is 5.75 Å². The van der Waals surface area contributed by atoms with Crippen molar-refractivity contribution in [3.63, 3.8) is 0 Å². The van der Waals surface area contributed by atoms with Crippen molar-refractivity contribution >= 4 is 23.3 Å². The number of nitrogens with one attached hydrogen (secondary N) is 1.